The van der Waals surface area contributed by atoms with E-state index >= 15 is 0 Å². The number of ether oxygens (including phenoxy) is 1. The smallest absolute Gasteiger partial charge is 0.167 e. The summed E-state index contributed by atoms with van der Waals surface area (Å²) in [5, 5.41) is 0. The lowest BCUT2D eigenvalue weighted by molar-refractivity contribution is 0.387. The number of hydrogen-bond acceptors (Lipinski definition) is 2. The first kappa shape index (κ1) is 7.09. The first-order chi connectivity index (χ1) is 5.81. The van der Waals surface area contributed by atoms with Gasteiger partial charge in [0.05, 0.1) is 24.5 Å². The number of H-pyrrole nitrogens is 1. The SMILES string of the molecule is COc1cc2nc[nH]c2cc1F. The average Bonchev–Trinajstić information content (AvgIpc) is 2.49. The summed E-state index contributed by atoms with van der Waals surface area (Å²) in [6, 6.07) is 2.92. The summed E-state index contributed by atoms with van der Waals surface area (Å²) in [4.78, 5) is 6.77. The fraction of sp³-hybridized carbons (Fsp3) is 0.125. The maximum Gasteiger partial charge on any atom is 0.167 e. The molecule has 0 saturated heterocycles. The Morgan fingerprint density at radius 2 is 2.33 bits per heavy atom. The molecule has 2 aromatic rings. The van der Waals surface area contributed by atoms with Gasteiger partial charge in [-0.1, -0.05) is 0 Å². The van der Waals surface area contributed by atoms with Crippen molar-refractivity contribution < 1.29 is 9.13 Å². The van der Waals surface area contributed by atoms with Crippen LogP contribution in [0.1, 0.15) is 0 Å². The molecule has 0 atom stereocenters. The molecule has 0 aliphatic heterocycles. The van der Waals surface area contributed by atoms with Gasteiger partial charge >= 0.3 is 0 Å². The Morgan fingerprint density at radius 3 is 3.08 bits per heavy atom. The minimum Gasteiger partial charge on any atom is -0.494 e. The van der Waals surface area contributed by atoms with Gasteiger partial charge in [0.25, 0.3) is 0 Å². The molecule has 0 saturated carbocycles. The largest absolute Gasteiger partial charge is 0.494 e. The Bertz CT molecular complexity index is 410. The second-order valence-electron chi connectivity index (χ2n) is 2.41. The standard InChI is InChI=1S/C8H7FN2O/c1-12-8-3-7-6(2-5(8)9)10-4-11-7/h2-4H,1H3,(H,10,11). The van der Waals surface area contributed by atoms with Gasteiger partial charge in [-0.3, -0.25) is 0 Å². The summed E-state index contributed by atoms with van der Waals surface area (Å²) in [6.45, 7) is 0. The summed E-state index contributed by atoms with van der Waals surface area (Å²) in [6.07, 6.45) is 1.52. The van der Waals surface area contributed by atoms with Crippen LogP contribution in [-0.2, 0) is 0 Å². The van der Waals surface area contributed by atoms with Crippen LogP contribution in [0.25, 0.3) is 11.0 Å². The predicted octanol–water partition coefficient (Wildman–Crippen LogP) is 1.71. The van der Waals surface area contributed by atoms with Gasteiger partial charge in [0.1, 0.15) is 0 Å². The number of imidazole rings is 1. The van der Waals surface area contributed by atoms with Gasteiger partial charge in [0, 0.05) is 12.1 Å². The highest BCUT2D eigenvalue weighted by atomic mass is 19.1. The van der Waals surface area contributed by atoms with Crippen molar-refractivity contribution >= 4 is 11.0 Å². The maximum atomic E-state index is 13.0. The maximum absolute atomic E-state index is 13.0. The molecule has 0 amide bonds. The van der Waals surface area contributed by atoms with Crippen LogP contribution in [0, 0.1) is 5.82 Å². The monoisotopic (exact) mass is 166 g/mol. The molecule has 0 unspecified atom stereocenters. The molecule has 12 heavy (non-hydrogen) atoms. The zero-order valence-electron chi connectivity index (χ0n) is 6.47. The quantitative estimate of drug-likeness (QED) is 0.700. The molecule has 0 aliphatic carbocycles. The molecule has 2 rings (SSSR count). The zero-order valence-corrected chi connectivity index (χ0v) is 6.47. The Kier molecular flexibility index (Phi) is 1.46. The molecule has 1 aromatic carbocycles. The number of benzene rings is 1. The van der Waals surface area contributed by atoms with E-state index in [9.17, 15) is 4.39 Å². The van der Waals surface area contributed by atoms with Crippen molar-refractivity contribution in [2.24, 2.45) is 0 Å². The van der Waals surface area contributed by atoms with E-state index in [1.54, 1.807) is 6.07 Å². The molecule has 0 radical (unpaired) electrons. The van der Waals surface area contributed by atoms with Crippen LogP contribution in [0.3, 0.4) is 0 Å². The molecule has 0 fully saturated rings. The van der Waals surface area contributed by atoms with Gasteiger partial charge in [-0.2, -0.15) is 0 Å². The van der Waals surface area contributed by atoms with Crippen molar-refractivity contribution in [3.05, 3.63) is 24.3 Å². The van der Waals surface area contributed by atoms with Crippen molar-refractivity contribution in [1.29, 1.82) is 0 Å². The molecule has 3 nitrogen and oxygen atoms in total. The fourth-order valence-corrected chi connectivity index (χ4v) is 1.09. The van der Waals surface area contributed by atoms with Crippen LogP contribution in [-0.4, -0.2) is 17.1 Å². The molecule has 1 heterocycles. The number of nitrogens with one attached hydrogen (secondary N) is 1. The first-order valence-corrected chi connectivity index (χ1v) is 3.48. The predicted molar refractivity (Wildman–Crippen MR) is 42.6 cm³/mol. The number of halogens is 1. The number of nitrogens with zero attached hydrogens (tertiary/aromatic N) is 1. The number of fused-ring (bicyclic) bond motifs is 1. The average molecular weight is 166 g/mol. The molecule has 0 bridgehead atoms. The van der Waals surface area contributed by atoms with Crippen LogP contribution in [0.4, 0.5) is 4.39 Å². The van der Waals surface area contributed by atoms with E-state index in [1.807, 2.05) is 0 Å². The highest BCUT2D eigenvalue weighted by molar-refractivity contribution is 5.76. The second kappa shape index (κ2) is 2.48. The number of methoxy groups -OCH3 is 1. The topological polar surface area (TPSA) is 37.9 Å². The van der Waals surface area contributed by atoms with Crippen LogP contribution in [0.2, 0.25) is 0 Å². The third-order valence-electron chi connectivity index (χ3n) is 1.69. The Labute approximate surface area is 68.2 Å². The van der Waals surface area contributed by atoms with Gasteiger partial charge in [-0.15, -0.1) is 0 Å². The zero-order chi connectivity index (χ0) is 8.55. The Balaban J connectivity index is 2.73. The highest BCUT2D eigenvalue weighted by Gasteiger charge is 2.05. The van der Waals surface area contributed by atoms with E-state index in [0.717, 1.165) is 0 Å². The number of hydrogen-bond donors (Lipinski definition) is 1. The molecule has 1 aromatic heterocycles. The molecule has 0 spiro atoms. The van der Waals surface area contributed by atoms with E-state index in [4.69, 9.17) is 4.74 Å². The lowest BCUT2D eigenvalue weighted by atomic mass is 10.3. The van der Waals surface area contributed by atoms with Crippen molar-refractivity contribution in [3.63, 3.8) is 0 Å². The van der Waals surface area contributed by atoms with Crippen molar-refractivity contribution in [2.75, 3.05) is 7.11 Å². The summed E-state index contributed by atoms with van der Waals surface area (Å²) in [5.41, 5.74) is 1.38. The van der Waals surface area contributed by atoms with E-state index in [-0.39, 0.29) is 11.6 Å². The van der Waals surface area contributed by atoms with Crippen molar-refractivity contribution in [2.45, 2.75) is 0 Å². The van der Waals surface area contributed by atoms with Gasteiger partial charge in [0.2, 0.25) is 0 Å². The van der Waals surface area contributed by atoms with Crippen LogP contribution < -0.4 is 4.74 Å². The van der Waals surface area contributed by atoms with Crippen LogP contribution >= 0.6 is 0 Å². The fourth-order valence-electron chi connectivity index (χ4n) is 1.09. The molecule has 4 heteroatoms. The molecule has 62 valence electrons. The summed E-state index contributed by atoms with van der Waals surface area (Å²) >= 11 is 0. The third kappa shape index (κ3) is 0.922. The summed E-state index contributed by atoms with van der Waals surface area (Å²) in [5.74, 6) is -0.163. The van der Waals surface area contributed by atoms with E-state index in [2.05, 4.69) is 9.97 Å². The van der Waals surface area contributed by atoms with Gasteiger partial charge in [-0.25, -0.2) is 9.37 Å². The lowest BCUT2D eigenvalue weighted by Crippen LogP contribution is -1.87. The van der Waals surface area contributed by atoms with E-state index in [0.29, 0.717) is 11.0 Å². The minimum absolute atomic E-state index is 0.217. The van der Waals surface area contributed by atoms with Gasteiger partial charge < -0.3 is 9.72 Å². The molecule has 1 N–H and O–H groups in total. The highest BCUT2D eigenvalue weighted by Crippen LogP contribution is 2.21. The Hall–Kier alpha value is -1.58. The van der Waals surface area contributed by atoms with Crippen LogP contribution in [0.5, 0.6) is 5.75 Å². The van der Waals surface area contributed by atoms with E-state index in [1.165, 1.54) is 19.5 Å². The van der Waals surface area contributed by atoms with Crippen molar-refractivity contribution in [3.8, 4) is 5.75 Å². The van der Waals surface area contributed by atoms with E-state index < -0.39 is 0 Å². The molecular weight excluding hydrogens is 159 g/mol. The number of rotatable bonds is 1. The molecule has 0 aliphatic rings. The first-order valence-electron chi connectivity index (χ1n) is 3.48. The summed E-state index contributed by atoms with van der Waals surface area (Å²) in [7, 11) is 1.43. The van der Waals surface area contributed by atoms with Crippen LogP contribution in [0.15, 0.2) is 18.5 Å². The lowest BCUT2D eigenvalue weighted by Gasteiger charge is -1.99. The Morgan fingerprint density at radius 1 is 1.50 bits per heavy atom. The normalized spacial score (nSPS) is 10.5. The second-order valence-corrected chi connectivity index (χ2v) is 2.41. The molecular formula is C8H7FN2O. The summed E-state index contributed by atoms with van der Waals surface area (Å²) < 4.78 is 17.8. The van der Waals surface area contributed by atoms with Crippen molar-refractivity contribution in [1.82, 2.24) is 9.97 Å². The van der Waals surface area contributed by atoms with Gasteiger partial charge in [0.15, 0.2) is 11.6 Å². The third-order valence-corrected chi connectivity index (χ3v) is 1.69. The number of aromatic nitrogens is 2. The van der Waals surface area contributed by atoms with Gasteiger partial charge in [-0.05, 0) is 0 Å². The minimum atomic E-state index is -0.380. The number of aromatic amines is 1.